The molecule has 3 aliphatic heterocycles. The van der Waals surface area contributed by atoms with Crippen LogP contribution in [0.5, 0.6) is 0 Å². The Bertz CT molecular complexity index is 583. The number of carbonyl (C=O) groups excluding carboxylic acids is 2. The van der Waals surface area contributed by atoms with E-state index in [-0.39, 0.29) is 5.91 Å². The van der Waals surface area contributed by atoms with Crippen LogP contribution >= 0.6 is 0 Å². The number of hydrogen-bond donors (Lipinski definition) is 0. The van der Waals surface area contributed by atoms with Crippen molar-refractivity contribution in [1.29, 1.82) is 0 Å². The fraction of sp³-hybridized carbons (Fsp3) is 0.667. The highest BCUT2D eigenvalue weighted by molar-refractivity contribution is 5.78. The molecule has 1 aromatic heterocycles. The van der Waals surface area contributed by atoms with E-state index >= 15 is 0 Å². The number of amides is 2. The van der Waals surface area contributed by atoms with Gasteiger partial charge in [-0.3, -0.25) is 9.59 Å². The Morgan fingerprint density at radius 1 is 1.17 bits per heavy atom. The summed E-state index contributed by atoms with van der Waals surface area (Å²) in [6, 6.07) is 4.36. The van der Waals surface area contributed by atoms with Gasteiger partial charge in [0.05, 0.1) is 0 Å². The first kappa shape index (κ1) is 14.8. The number of fused-ring (bicyclic) bond motifs is 4. The van der Waals surface area contributed by atoms with Crippen molar-refractivity contribution in [2.24, 2.45) is 11.8 Å². The Morgan fingerprint density at radius 3 is 2.83 bits per heavy atom. The summed E-state index contributed by atoms with van der Waals surface area (Å²) in [5.74, 6) is 1.57. The van der Waals surface area contributed by atoms with Gasteiger partial charge in [-0.05, 0) is 43.2 Å². The normalized spacial score (nSPS) is 30.3. The monoisotopic (exact) mass is 315 g/mol. The number of rotatable bonds is 3. The zero-order valence-electron chi connectivity index (χ0n) is 13.6. The van der Waals surface area contributed by atoms with Crippen molar-refractivity contribution in [1.82, 2.24) is 14.4 Å². The van der Waals surface area contributed by atoms with Crippen LogP contribution in [0.2, 0.25) is 0 Å². The lowest BCUT2D eigenvalue weighted by atomic mass is 9.76. The van der Waals surface area contributed by atoms with Gasteiger partial charge in [-0.25, -0.2) is 0 Å². The molecule has 3 fully saturated rings. The van der Waals surface area contributed by atoms with Gasteiger partial charge in [-0.2, -0.15) is 0 Å². The van der Waals surface area contributed by atoms with Crippen molar-refractivity contribution in [2.45, 2.75) is 44.7 Å². The SMILES string of the molecule is O=C(CCn1cccc1)N1C[C@H]2C[C@@H](C1)[C@@H]1CCCC(=O)N1C2. The molecule has 0 spiro atoms. The molecule has 3 aliphatic rings. The Kier molecular flexibility index (Phi) is 3.87. The number of carbonyl (C=O) groups is 2. The average molecular weight is 315 g/mol. The quantitative estimate of drug-likeness (QED) is 0.853. The second kappa shape index (κ2) is 6.02. The summed E-state index contributed by atoms with van der Waals surface area (Å²) >= 11 is 0. The predicted octanol–water partition coefficient (Wildman–Crippen LogP) is 1.74. The van der Waals surface area contributed by atoms with E-state index in [9.17, 15) is 9.59 Å². The summed E-state index contributed by atoms with van der Waals surface area (Å²) in [7, 11) is 0. The smallest absolute Gasteiger partial charge is 0.224 e. The van der Waals surface area contributed by atoms with Gasteiger partial charge in [0.25, 0.3) is 0 Å². The summed E-state index contributed by atoms with van der Waals surface area (Å²) in [5, 5.41) is 0. The topological polar surface area (TPSA) is 45.6 Å². The van der Waals surface area contributed by atoms with Crippen molar-refractivity contribution < 1.29 is 9.59 Å². The van der Waals surface area contributed by atoms with E-state index in [0.29, 0.717) is 30.2 Å². The van der Waals surface area contributed by atoms with Crippen LogP contribution in [0.1, 0.15) is 32.1 Å². The summed E-state index contributed by atoms with van der Waals surface area (Å²) in [6.45, 7) is 3.29. The van der Waals surface area contributed by atoms with E-state index in [2.05, 4.69) is 14.4 Å². The van der Waals surface area contributed by atoms with Gasteiger partial charge in [0.1, 0.15) is 0 Å². The van der Waals surface area contributed by atoms with E-state index in [1.54, 1.807) is 0 Å². The molecule has 2 amide bonds. The van der Waals surface area contributed by atoms with Crippen molar-refractivity contribution in [3.8, 4) is 0 Å². The third-order valence-corrected chi connectivity index (χ3v) is 5.78. The summed E-state index contributed by atoms with van der Waals surface area (Å²) in [5.41, 5.74) is 0. The lowest BCUT2D eigenvalue weighted by molar-refractivity contribution is -0.148. The number of aromatic nitrogens is 1. The number of aryl methyl sites for hydroxylation is 1. The highest BCUT2D eigenvalue weighted by atomic mass is 16.2. The molecule has 1 aromatic rings. The Morgan fingerprint density at radius 2 is 2.00 bits per heavy atom. The van der Waals surface area contributed by atoms with E-state index in [1.165, 1.54) is 6.42 Å². The molecule has 4 rings (SSSR count). The fourth-order valence-electron chi connectivity index (χ4n) is 4.72. The summed E-state index contributed by atoms with van der Waals surface area (Å²) in [4.78, 5) is 28.9. The minimum atomic E-state index is 0.268. The van der Waals surface area contributed by atoms with Crippen LogP contribution in [0.4, 0.5) is 0 Å². The van der Waals surface area contributed by atoms with Crippen molar-refractivity contribution in [3.05, 3.63) is 24.5 Å². The molecule has 0 saturated carbocycles. The number of piperidine rings is 3. The molecule has 5 heteroatoms. The van der Waals surface area contributed by atoms with Gasteiger partial charge >= 0.3 is 0 Å². The maximum absolute atomic E-state index is 12.6. The van der Waals surface area contributed by atoms with Crippen LogP contribution in [0, 0.1) is 11.8 Å². The minimum absolute atomic E-state index is 0.268. The van der Waals surface area contributed by atoms with Crippen molar-refractivity contribution >= 4 is 11.8 Å². The van der Waals surface area contributed by atoms with Crippen LogP contribution in [-0.4, -0.2) is 51.9 Å². The van der Waals surface area contributed by atoms with Crippen LogP contribution < -0.4 is 0 Å². The molecule has 0 aliphatic carbocycles. The van der Waals surface area contributed by atoms with E-state index in [0.717, 1.165) is 45.4 Å². The fourth-order valence-corrected chi connectivity index (χ4v) is 4.72. The van der Waals surface area contributed by atoms with Gasteiger partial charge in [0.15, 0.2) is 0 Å². The molecule has 3 saturated heterocycles. The van der Waals surface area contributed by atoms with Crippen LogP contribution in [-0.2, 0) is 16.1 Å². The first-order chi connectivity index (χ1) is 11.2. The van der Waals surface area contributed by atoms with Gasteiger partial charge in [-0.15, -0.1) is 0 Å². The second-order valence-electron chi connectivity index (χ2n) is 7.34. The molecule has 0 unspecified atom stereocenters. The van der Waals surface area contributed by atoms with E-state index in [4.69, 9.17) is 0 Å². The van der Waals surface area contributed by atoms with Crippen molar-refractivity contribution in [2.75, 3.05) is 19.6 Å². The maximum atomic E-state index is 12.6. The molecule has 124 valence electrons. The summed E-state index contributed by atoms with van der Waals surface area (Å²) < 4.78 is 2.06. The van der Waals surface area contributed by atoms with Crippen LogP contribution in [0.25, 0.3) is 0 Å². The number of hydrogen-bond acceptors (Lipinski definition) is 2. The zero-order chi connectivity index (χ0) is 15.8. The minimum Gasteiger partial charge on any atom is -0.354 e. The average Bonchev–Trinajstić information content (AvgIpc) is 3.07. The molecular formula is C18H25N3O2. The predicted molar refractivity (Wildman–Crippen MR) is 86.6 cm³/mol. The summed E-state index contributed by atoms with van der Waals surface area (Å²) in [6.07, 6.45) is 8.62. The molecule has 5 nitrogen and oxygen atoms in total. The molecule has 4 heterocycles. The molecule has 0 N–H and O–H groups in total. The highest BCUT2D eigenvalue weighted by Gasteiger charge is 2.44. The Hall–Kier alpha value is -1.78. The maximum Gasteiger partial charge on any atom is 0.224 e. The lowest BCUT2D eigenvalue weighted by Gasteiger charge is -2.52. The second-order valence-corrected chi connectivity index (χ2v) is 7.34. The molecule has 2 bridgehead atoms. The standard InChI is InChI=1S/C18H25N3O2/c22-17(6-9-19-7-1-2-8-19)20-11-14-10-15(13-20)16-4-3-5-18(23)21(16)12-14/h1-2,7-8,14-16H,3-6,9-13H2/t14-,15+,16+/m1/s1. The van der Waals surface area contributed by atoms with Gasteiger partial charge in [0.2, 0.25) is 11.8 Å². The Balaban J connectivity index is 1.39. The first-order valence-corrected chi connectivity index (χ1v) is 8.88. The van der Waals surface area contributed by atoms with Gasteiger partial charge in [0, 0.05) is 57.5 Å². The molecule has 0 radical (unpaired) electrons. The lowest BCUT2D eigenvalue weighted by Crippen LogP contribution is -2.61. The molecule has 3 atom stereocenters. The van der Waals surface area contributed by atoms with E-state index in [1.807, 2.05) is 24.5 Å². The molecular weight excluding hydrogens is 290 g/mol. The van der Waals surface area contributed by atoms with Gasteiger partial charge in [-0.1, -0.05) is 0 Å². The molecule has 0 aromatic carbocycles. The number of nitrogens with zero attached hydrogens (tertiary/aromatic N) is 3. The van der Waals surface area contributed by atoms with E-state index < -0.39 is 0 Å². The van der Waals surface area contributed by atoms with Crippen molar-refractivity contribution in [3.63, 3.8) is 0 Å². The number of likely N-dealkylation sites (tertiary alicyclic amines) is 1. The first-order valence-electron chi connectivity index (χ1n) is 8.88. The van der Waals surface area contributed by atoms with Crippen LogP contribution in [0.3, 0.4) is 0 Å². The third kappa shape index (κ3) is 2.89. The largest absolute Gasteiger partial charge is 0.354 e. The zero-order valence-corrected chi connectivity index (χ0v) is 13.6. The van der Waals surface area contributed by atoms with Gasteiger partial charge < -0.3 is 14.4 Å². The third-order valence-electron chi connectivity index (χ3n) is 5.78. The highest BCUT2D eigenvalue weighted by Crippen LogP contribution is 2.38. The molecule has 23 heavy (non-hydrogen) atoms. The Labute approximate surface area is 137 Å². The van der Waals surface area contributed by atoms with Crippen LogP contribution in [0.15, 0.2) is 24.5 Å².